The lowest BCUT2D eigenvalue weighted by Crippen LogP contribution is -2.47. The van der Waals surface area contributed by atoms with Crippen LogP contribution in [0, 0.1) is 0 Å². The minimum absolute atomic E-state index is 0.0361. The van der Waals surface area contributed by atoms with Crippen molar-refractivity contribution in [1.82, 2.24) is 14.9 Å². The average molecular weight is 610 g/mol. The molecular weight excluding hydrogens is 572 g/mol. The normalized spacial score (nSPS) is 16.5. The number of anilines is 4. The van der Waals surface area contributed by atoms with Crippen molar-refractivity contribution in [2.75, 3.05) is 69.1 Å². The maximum atomic E-state index is 12.5. The fourth-order valence-corrected chi connectivity index (χ4v) is 5.87. The zero-order valence-electron chi connectivity index (χ0n) is 23.6. The van der Waals surface area contributed by atoms with Gasteiger partial charge in [0, 0.05) is 63.5 Å². The summed E-state index contributed by atoms with van der Waals surface area (Å²) in [5.74, 6) is 1.28. The smallest absolute Gasteiger partial charge is 0.234 e. The Hall–Kier alpha value is -3.21. The number of piperazine rings is 1. The topological polar surface area (TPSA) is 91.9 Å². The summed E-state index contributed by atoms with van der Waals surface area (Å²) in [4.78, 5) is 26.6. The molecule has 1 fully saturated rings. The monoisotopic (exact) mass is 608 g/mol. The molecule has 9 nitrogen and oxygen atoms in total. The Morgan fingerprint density at radius 1 is 1.10 bits per heavy atom. The summed E-state index contributed by atoms with van der Waals surface area (Å²) in [6, 6.07) is 12.3. The van der Waals surface area contributed by atoms with E-state index in [1.54, 1.807) is 20.4 Å². The third-order valence-corrected chi connectivity index (χ3v) is 8.48. The van der Waals surface area contributed by atoms with E-state index in [0.717, 1.165) is 89.9 Å². The second-order valence-electron chi connectivity index (χ2n) is 10.7. The van der Waals surface area contributed by atoms with E-state index in [1.165, 1.54) is 0 Å². The van der Waals surface area contributed by atoms with Gasteiger partial charge in [0.2, 0.25) is 11.9 Å². The highest BCUT2D eigenvalue weighted by Crippen LogP contribution is 2.40. The van der Waals surface area contributed by atoms with E-state index in [1.807, 2.05) is 32.0 Å². The standard InChI is InChI=1S/C30H37BrN6O3/c1-30(2)27-20(6-5-7-25(27)33-28(30)38)8-10-23-22(31)19-32-29(34-23)35-24-11-9-21(18-26(24)40-4)37-14-12-36(13-15-37)16-17-39-3/h5-7,9,11,18-19H,8,10,12-17H2,1-4H3,(H,33,38)(H,32,34,35). The van der Waals surface area contributed by atoms with E-state index in [2.05, 4.69) is 59.5 Å². The Balaban J connectivity index is 1.27. The van der Waals surface area contributed by atoms with Gasteiger partial charge < -0.3 is 25.0 Å². The molecule has 0 unspecified atom stereocenters. The molecule has 1 saturated heterocycles. The first-order valence-electron chi connectivity index (χ1n) is 13.7. The molecule has 0 atom stereocenters. The number of fused-ring (bicyclic) bond motifs is 1. The van der Waals surface area contributed by atoms with Crippen molar-refractivity contribution in [3.63, 3.8) is 0 Å². The first-order valence-corrected chi connectivity index (χ1v) is 14.5. The minimum Gasteiger partial charge on any atom is -0.494 e. The predicted octanol–water partition coefficient (Wildman–Crippen LogP) is 4.77. The van der Waals surface area contributed by atoms with E-state index in [-0.39, 0.29) is 5.91 Å². The van der Waals surface area contributed by atoms with Gasteiger partial charge in [0.25, 0.3) is 0 Å². The highest BCUT2D eigenvalue weighted by atomic mass is 79.9. The lowest BCUT2D eigenvalue weighted by molar-refractivity contribution is -0.119. The molecule has 0 saturated carbocycles. The van der Waals surface area contributed by atoms with Crippen molar-refractivity contribution in [2.24, 2.45) is 0 Å². The second-order valence-corrected chi connectivity index (χ2v) is 11.6. The summed E-state index contributed by atoms with van der Waals surface area (Å²) in [7, 11) is 3.43. The van der Waals surface area contributed by atoms with Crippen molar-refractivity contribution in [3.8, 4) is 5.75 Å². The molecule has 1 aromatic heterocycles. The molecule has 0 aliphatic carbocycles. The predicted molar refractivity (Wildman–Crippen MR) is 162 cm³/mol. The van der Waals surface area contributed by atoms with E-state index >= 15 is 0 Å². The molecule has 2 aliphatic heterocycles. The molecule has 2 aliphatic rings. The Morgan fingerprint density at radius 2 is 1.90 bits per heavy atom. The van der Waals surface area contributed by atoms with Gasteiger partial charge in [-0.1, -0.05) is 12.1 Å². The Morgan fingerprint density at radius 3 is 2.65 bits per heavy atom. The number of benzene rings is 2. The van der Waals surface area contributed by atoms with Gasteiger partial charge in [-0.25, -0.2) is 9.97 Å². The summed E-state index contributed by atoms with van der Waals surface area (Å²) >= 11 is 3.62. The van der Waals surface area contributed by atoms with Crippen LogP contribution in [0.2, 0.25) is 0 Å². The number of carbonyl (C=O) groups is 1. The molecular formula is C30H37BrN6O3. The van der Waals surface area contributed by atoms with Gasteiger partial charge >= 0.3 is 0 Å². The van der Waals surface area contributed by atoms with Crippen LogP contribution in [-0.2, 0) is 27.8 Å². The van der Waals surface area contributed by atoms with Crippen molar-refractivity contribution in [3.05, 3.63) is 63.9 Å². The van der Waals surface area contributed by atoms with Gasteiger partial charge in [-0.3, -0.25) is 9.69 Å². The number of halogens is 1. The maximum absolute atomic E-state index is 12.5. The number of methoxy groups -OCH3 is 2. The molecule has 0 spiro atoms. The average Bonchev–Trinajstić information content (AvgIpc) is 3.20. The molecule has 2 aromatic carbocycles. The van der Waals surface area contributed by atoms with Gasteiger partial charge in [-0.15, -0.1) is 0 Å². The lowest BCUT2D eigenvalue weighted by Gasteiger charge is -2.36. The zero-order chi connectivity index (χ0) is 28.3. The molecule has 212 valence electrons. The third kappa shape index (κ3) is 5.94. The van der Waals surface area contributed by atoms with Crippen LogP contribution >= 0.6 is 15.9 Å². The molecule has 40 heavy (non-hydrogen) atoms. The highest BCUT2D eigenvalue weighted by Gasteiger charge is 2.39. The van der Waals surface area contributed by atoms with Crippen LogP contribution in [0.1, 0.15) is 30.7 Å². The molecule has 0 radical (unpaired) electrons. The number of carbonyl (C=O) groups excluding carboxylic acids is 1. The van der Waals surface area contributed by atoms with E-state index < -0.39 is 5.41 Å². The Labute approximate surface area is 244 Å². The first kappa shape index (κ1) is 28.3. The van der Waals surface area contributed by atoms with Crippen LogP contribution < -0.4 is 20.3 Å². The molecule has 1 amide bonds. The Kier molecular flexibility index (Phi) is 8.58. The fraction of sp³-hybridized carbons (Fsp3) is 0.433. The number of amides is 1. The van der Waals surface area contributed by atoms with Gasteiger partial charge in [0.05, 0.1) is 35.0 Å². The van der Waals surface area contributed by atoms with E-state index in [4.69, 9.17) is 14.5 Å². The quantitative estimate of drug-likeness (QED) is 0.340. The van der Waals surface area contributed by atoms with Gasteiger partial charge in [-0.2, -0.15) is 0 Å². The Bertz CT molecular complexity index is 1370. The van der Waals surface area contributed by atoms with Gasteiger partial charge in [0.15, 0.2) is 0 Å². The molecule has 3 heterocycles. The SMILES string of the molecule is COCCN1CCN(c2ccc(Nc3ncc(Br)c(CCc4cccc5c4C(C)(C)C(=O)N5)n3)c(OC)c2)CC1. The van der Waals surface area contributed by atoms with Crippen molar-refractivity contribution < 1.29 is 14.3 Å². The largest absolute Gasteiger partial charge is 0.494 e. The van der Waals surface area contributed by atoms with E-state index in [0.29, 0.717) is 12.4 Å². The number of aromatic nitrogens is 2. The van der Waals surface area contributed by atoms with Gasteiger partial charge in [-0.05, 0) is 71.9 Å². The zero-order valence-corrected chi connectivity index (χ0v) is 25.2. The van der Waals surface area contributed by atoms with Crippen molar-refractivity contribution in [1.29, 1.82) is 0 Å². The second kappa shape index (κ2) is 12.1. The molecule has 10 heteroatoms. The van der Waals surface area contributed by atoms with Gasteiger partial charge in [0.1, 0.15) is 5.75 Å². The third-order valence-electron chi connectivity index (χ3n) is 7.82. The van der Waals surface area contributed by atoms with Crippen LogP contribution in [0.4, 0.5) is 23.0 Å². The maximum Gasteiger partial charge on any atom is 0.234 e. The molecule has 5 rings (SSSR count). The number of nitrogens with one attached hydrogen (secondary N) is 2. The fourth-order valence-electron chi connectivity index (χ4n) is 5.48. The van der Waals surface area contributed by atoms with Crippen LogP contribution in [0.15, 0.2) is 47.1 Å². The molecule has 2 N–H and O–H groups in total. The van der Waals surface area contributed by atoms with Crippen LogP contribution in [-0.4, -0.2) is 74.3 Å². The van der Waals surface area contributed by atoms with Crippen LogP contribution in [0.3, 0.4) is 0 Å². The van der Waals surface area contributed by atoms with Crippen molar-refractivity contribution >= 4 is 44.8 Å². The minimum atomic E-state index is -0.554. The summed E-state index contributed by atoms with van der Waals surface area (Å²) in [5.41, 5.74) is 5.42. The van der Waals surface area contributed by atoms with Crippen LogP contribution in [0.5, 0.6) is 5.75 Å². The highest BCUT2D eigenvalue weighted by molar-refractivity contribution is 9.10. The number of nitrogens with zero attached hydrogens (tertiary/aromatic N) is 4. The van der Waals surface area contributed by atoms with Crippen molar-refractivity contribution in [2.45, 2.75) is 32.1 Å². The lowest BCUT2D eigenvalue weighted by atomic mass is 9.82. The number of ether oxygens (including phenoxy) is 2. The number of aryl methyl sites for hydroxylation is 2. The number of hydrogen-bond acceptors (Lipinski definition) is 8. The number of hydrogen-bond donors (Lipinski definition) is 2. The van der Waals surface area contributed by atoms with Crippen LogP contribution in [0.25, 0.3) is 0 Å². The summed E-state index contributed by atoms with van der Waals surface area (Å²) in [6.45, 7) is 9.63. The molecule has 0 bridgehead atoms. The summed E-state index contributed by atoms with van der Waals surface area (Å²) in [6.07, 6.45) is 3.23. The molecule has 3 aromatic rings. The van der Waals surface area contributed by atoms with E-state index in [9.17, 15) is 4.79 Å². The summed E-state index contributed by atoms with van der Waals surface area (Å²) < 4.78 is 11.8. The number of rotatable bonds is 10. The summed E-state index contributed by atoms with van der Waals surface area (Å²) in [5, 5.41) is 6.36. The first-order chi connectivity index (χ1) is 19.3.